The molecular weight excluding hydrogens is 276 g/mol. The van der Waals surface area contributed by atoms with E-state index in [2.05, 4.69) is 21.8 Å². The predicted octanol–water partition coefficient (Wildman–Crippen LogP) is 3.11. The summed E-state index contributed by atoms with van der Waals surface area (Å²) >= 11 is 0. The molecule has 2 heterocycles. The van der Waals surface area contributed by atoms with Crippen molar-refractivity contribution in [2.45, 2.75) is 65.0 Å². The smallest absolute Gasteiger partial charge is 0.157 e. The van der Waals surface area contributed by atoms with E-state index >= 15 is 0 Å². The van der Waals surface area contributed by atoms with Crippen LogP contribution < -0.4 is 9.80 Å². The first-order chi connectivity index (χ1) is 10.5. The van der Waals surface area contributed by atoms with Gasteiger partial charge < -0.3 is 4.90 Å². The number of anilines is 2. The van der Waals surface area contributed by atoms with Crippen LogP contribution in [0.2, 0.25) is 0 Å². The number of nitrogens with one attached hydrogen (secondary N) is 2. The zero-order valence-electron chi connectivity index (χ0n) is 13.6. The van der Waals surface area contributed by atoms with Gasteiger partial charge in [-0.1, -0.05) is 19.8 Å². The summed E-state index contributed by atoms with van der Waals surface area (Å²) in [5.41, 5.74) is 0.778. The van der Waals surface area contributed by atoms with Gasteiger partial charge >= 0.3 is 0 Å². The van der Waals surface area contributed by atoms with E-state index in [9.17, 15) is 0 Å². The molecule has 1 aliphatic carbocycles. The first-order valence-corrected chi connectivity index (χ1v) is 8.10. The van der Waals surface area contributed by atoms with E-state index in [0.717, 1.165) is 36.6 Å². The second kappa shape index (κ2) is 5.66. The zero-order valence-corrected chi connectivity index (χ0v) is 13.6. The molecule has 2 N–H and O–H groups in total. The predicted molar refractivity (Wildman–Crippen MR) is 89.2 cm³/mol. The Kier molecular flexibility index (Phi) is 3.85. The van der Waals surface area contributed by atoms with E-state index in [1.807, 2.05) is 6.92 Å². The Morgan fingerprint density at radius 1 is 1.36 bits per heavy atom. The monoisotopic (exact) mass is 300 g/mol. The minimum atomic E-state index is -0.00907. The standard InChI is InChI=1S/C16H24N6/c1-4-13-15(18)21(10(2)17)14-9-19-11(3)20-16(14)22(13)12-7-5-6-8-12/h9,12-13,17-18H,4-8H2,1-3H3/t13-/m1/s1. The second-order valence-electron chi connectivity index (χ2n) is 6.20. The molecule has 1 atom stereocenters. The van der Waals surface area contributed by atoms with Crippen molar-refractivity contribution in [3.63, 3.8) is 0 Å². The summed E-state index contributed by atoms with van der Waals surface area (Å²) in [5.74, 6) is 2.46. The second-order valence-corrected chi connectivity index (χ2v) is 6.20. The van der Waals surface area contributed by atoms with Crippen LogP contribution in [-0.4, -0.2) is 33.7 Å². The molecule has 1 saturated carbocycles. The molecule has 1 aromatic heterocycles. The van der Waals surface area contributed by atoms with Gasteiger partial charge in [0.1, 0.15) is 23.2 Å². The Balaban J connectivity index is 2.15. The van der Waals surface area contributed by atoms with Gasteiger partial charge in [0.25, 0.3) is 0 Å². The SMILES string of the molecule is CC[C@@H]1C(=N)N(C(C)=N)c2cnc(C)nc2N1C1CCCC1. The van der Waals surface area contributed by atoms with Crippen molar-refractivity contribution in [3.05, 3.63) is 12.0 Å². The molecule has 1 aliphatic heterocycles. The Morgan fingerprint density at radius 3 is 2.64 bits per heavy atom. The van der Waals surface area contributed by atoms with Crippen LogP contribution in [-0.2, 0) is 0 Å². The Bertz CT molecular complexity index is 605. The fourth-order valence-corrected chi connectivity index (χ4v) is 3.72. The summed E-state index contributed by atoms with van der Waals surface area (Å²) < 4.78 is 0. The van der Waals surface area contributed by atoms with Gasteiger partial charge in [0.05, 0.1) is 12.2 Å². The number of hydrogen-bond donors (Lipinski definition) is 2. The minimum Gasteiger partial charge on any atom is -0.342 e. The van der Waals surface area contributed by atoms with Crippen molar-refractivity contribution >= 4 is 23.2 Å². The van der Waals surface area contributed by atoms with Crippen LogP contribution in [0.15, 0.2) is 6.20 Å². The number of rotatable bonds is 2. The van der Waals surface area contributed by atoms with Gasteiger partial charge in [-0.05, 0) is 33.1 Å². The van der Waals surface area contributed by atoms with Crippen LogP contribution in [0.5, 0.6) is 0 Å². The topological polar surface area (TPSA) is 80.0 Å². The van der Waals surface area contributed by atoms with Crippen molar-refractivity contribution in [3.8, 4) is 0 Å². The maximum Gasteiger partial charge on any atom is 0.157 e. The molecule has 3 rings (SSSR count). The van der Waals surface area contributed by atoms with Crippen molar-refractivity contribution in [1.82, 2.24) is 9.97 Å². The highest BCUT2D eigenvalue weighted by Gasteiger charge is 2.40. The van der Waals surface area contributed by atoms with E-state index in [-0.39, 0.29) is 6.04 Å². The lowest BCUT2D eigenvalue weighted by molar-refractivity contribution is 0.546. The molecule has 6 heteroatoms. The molecule has 0 spiro atoms. The van der Waals surface area contributed by atoms with E-state index in [4.69, 9.17) is 10.8 Å². The van der Waals surface area contributed by atoms with Crippen molar-refractivity contribution < 1.29 is 0 Å². The van der Waals surface area contributed by atoms with Crippen LogP contribution in [0.1, 0.15) is 51.8 Å². The molecule has 0 saturated heterocycles. The third kappa shape index (κ3) is 2.26. The Labute approximate surface area is 131 Å². The lowest BCUT2D eigenvalue weighted by Gasteiger charge is -2.45. The fraction of sp³-hybridized carbons (Fsp3) is 0.625. The highest BCUT2D eigenvalue weighted by Crippen LogP contribution is 2.39. The largest absolute Gasteiger partial charge is 0.342 e. The van der Waals surface area contributed by atoms with E-state index in [0.29, 0.717) is 17.7 Å². The Morgan fingerprint density at radius 2 is 2.05 bits per heavy atom. The first-order valence-electron chi connectivity index (χ1n) is 8.10. The van der Waals surface area contributed by atoms with E-state index < -0.39 is 0 Å². The average Bonchev–Trinajstić information content (AvgIpc) is 2.99. The third-order valence-corrected chi connectivity index (χ3v) is 4.69. The maximum absolute atomic E-state index is 8.60. The molecule has 22 heavy (non-hydrogen) atoms. The molecule has 2 aliphatic rings. The van der Waals surface area contributed by atoms with Gasteiger partial charge in [-0.25, -0.2) is 9.97 Å². The van der Waals surface area contributed by atoms with Crippen LogP contribution >= 0.6 is 0 Å². The van der Waals surface area contributed by atoms with Crippen molar-refractivity contribution in [1.29, 1.82) is 10.8 Å². The lowest BCUT2D eigenvalue weighted by Crippen LogP contribution is -2.57. The summed E-state index contributed by atoms with van der Waals surface area (Å²) in [4.78, 5) is 13.0. The van der Waals surface area contributed by atoms with Crippen LogP contribution in [0, 0.1) is 17.7 Å². The Hall–Kier alpha value is -1.98. The number of aromatic nitrogens is 2. The molecule has 0 radical (unpaired) electrons. The van der Waals surface area contributed by atoms with Gasteiger partial charge in [-0.15, -0.1) is 0 Å². The van der Waals surface area contributed by atoms with Gasteiger partial charge in [-0.3, -0.25) is 15.7 Å². The van der Waals surface area contributed by atoms with E-state index in [1.165, 1.54) is 12.8 Å². The summed E-state index contributed by atoms with van der Waals surface area (Å²) in [7, 11) is 0. The third-order valence-electron chi connectivity index (χ3n) is 4.69. The van der Waals surface area contributed by atoms with Crippen LogP contribution in [0.25, 0.3) is 0 Å². The summed E-state index contributed by atoms with van der Waals surface area (Å²) in [6, 6.07) is 0.441. The molecule has 0 bridgehead atoms. The summed E-state index contributed by atoms with van der Waals surface area (Å²) in [6.45, 7) is 5.73. The average molecular weight is 300 g/mol. The zero-order chi connectivity index (χ0) is 15.9. The summed E-state index contributed by atoms with van der Waals surface area (Å²) in [6.07, 6.45) is 7.43. The normalized spacial score (nSPS) is 22.1. The van der Waals surface area contributed by atoms with Crippen molar-refractivity contribution in [2.24, 2.45) is 0 Å². The van der Waals surface area contributed by atoms with Gasteiger partial charge in [0.15, 0.2) is 5.82 Å². The fourth-order valence-electron chi connectivity index (χ4n) is 3.72. The van der Waals surface area contributed by atoms with E-state index in [1.54, 1.807) is 18.0 Å². The highest BCUT2D eigenvalue weighted by molar-refractivity contribution is 6.21. The number of hydrogen-bond acceptors (Lipinski definition) is 5. The molecule has 118 valence electrons. The van der Waals surface area contributed by atoms with Gasteiger partial charge in [0.2, 0.25) is 0 Å². The lowest BCUT2D eigenvalue weighted by atomic mass is 10.0. The van der Waals surface area contributed by atoms with Crippen molar-refractivity contribution in [2.75, 3.05) is 9.80 Å². The molecular formula is C16H24N6. The van der Waals surface area contributed by atoms with Crippen LogP contribution in [0.4, 0.5) is 11.5 Å². The minimum absolute atomic E-state index is 0.00907. The molecule has 6 nitrogen and oxygen atoms in total. The van der Waals surface area contributed by atoms with Crippen LogP contribution in [0.3, 0.4) is 0 Å². The molecule has 1 aromatic rings. The number of nitrogens with zero attached hydrogens (tertiary/aromatic N) is 4. The molecule has 0 aromatic carbocycles. The number of fused-ring (bicyclic) bond motifs is 1. The quantitative estimate of drug-likeness (QED) is 0.649. The molecule has 1 fully saturated rings. The summed E-state index contributed by atoms with van der Waals surface area (Å²) in [5, 5.41) is 16.7. The molecule has 0 amide bonds. The first kappa shape index (κ1) is 14.9. The molecule has 0 unspecified atom stereocenters. The number of aryl methyl sites for hydroxylation is 1. The van der Waals surface area contributed by atoms with Gasteiger partial charge in [0, 0.05) is 6.04 Å². The number of amidine groups is 2. The maximum atomic E-state index is 8.60. The highest BCUT2D eigenvalue weighted by atomic mass is 15.4. The van der Waals surface area contributed by atoms with Gasteiger partial charge in [-0.2, -0.15) is 0 Å².